The van der Waals surface area contributed by atoms with Gasteiger partial charge in [0, 0.05) is 31.1 Å². The molecule has 3 unspecified atom stereocenters. The number of nitrogens with two attached hydrogens (primary N) is 5. The van der Waals surface area contributed by atoms with Crippen LogP contribution in [0.3, 0.4) is 0 Å². The van der Waals surface area contributed by atoms with Crippen LogP contribution < -0.4 is 39.3 Å². The van der Waals surface area contributed by atoms with E-state index in [-0.39, 0.29) is 19.4 Å². The number of hydrogen-bond donors (Lipinski definition) is 13. The molecule has 0 aromatic rings. The van der Waals surface area contributed by atoms with Crippen LogP contribution >= 0.6 is 0 Å². The topological polar surface area (TPSA) is 320 Å². The summed E-state index contributed by atoms with van der Waals surface area (Å²) in [6.07, 6.45) is -14.7. The number of hydrogen-bond acceptors (Lipinski definition) is 16. The highest BCUT2D eigenvalue weighted by molar-refractivity contribution is 5.81. The molecule has 0 aromatic carbocycles. The van der Waals surface area contributed by atoms with Crippen molar-refractivity contribution in [2.75, 3.05) is 32.8 Å². The smallest absolute Gasteiger partial charge is 0.252 e. The first kappa shape index (κ1) is 36.3. The van der Waals surface area contributed by atoms with Gasteiger partial charge in [0.1, 0.15) is 30.6 Å². The van der Waals surface area contributed by atoms with Crippen LogP contribution in [0.15, 0.2) is 0 Å². The molecule has 1 aliphatic carbocycles. The monoisotopic (exact) mass is 627 g/mol. The Hall–Kier alpha value is -1.20. The molecule has 0 spiro atoms. The molecule has 2 heterocycles. The summed E-state index contributed by atoms with van der Waals surface area (Å²) in [7, 11) is 0. The summed E-state index contributed by atoms with van der Waals surface area (Å²) in [4.78, 5) is 12.7. The Morgan fingerprint density at radius 1 is 1.00 bits per heavy atom. The van der Waals surface area contributed by atoms with Crippen molar-refractivity contribution in [3.05, 3.63) is 0 Å². The average molecular weight is 628 g/mol. The van der Waals surface area contributed by atoms with E-state index in [1.807, 2.05) is 0 Å². The van der Waals surface area contributed by atoms with E-state index in [0.29, 0.717) is 19.5 Å². The largest absolute Gasteiger partial charge is 0.394 e. The van der Waals surface area contributed by atoms with Crippen molar-refractivity contribution in [2.24, 2.45) is 34.6 Å². The molecule has 17 nitrogen and oxygen atoms in total. The zero-order valence-corrected chi connectivity index (χ0v) is 24.0. The molecule has 0 aromatic heterocycles. The van der Waals surface area contributed by atoms with Crippen LogP contribution in [0.4, 0.5) is 4.39 Å². The number of amides is 1. The van der Waals surface area contributed by atoms with Crippen LogP contribution in [0.25, 0.3) is 0 Å². The molecule has 252 valence electrons. The van der Waals surface area contributed by atoms with Gasteiger partial charge in [-0.05, 0) is 32.4 Å². The van der Waals surface area contributed by atoms with Gasteiger partial charge in [-0.15, -0.1) is 0 Å². The summed E-state index contributed by atoms with van der Waals surface area (Å²) in [5.74, 6) is -2.03. The SMILES string of the molecule is NCCCN[C@@H]1C[C@H](O)[C@@H](CN)O[C@@H]1C1[C@@H](N)C[C@@H](NC(=O)C(O)C(F)CN)[C@H](O[C@H]2O[C@H](CO)[C@@H](O)[C@H](N)[C@H]2O)[C@H]1O. The number of halogens is 1. The van der Waals surface area contributed by atoms with Crippen LogP contribution in [-0.4, -0.2) is 161 Å². The van der Waals surface area contributed by atoms with E-state index in [0.717, 1.165) is 0 Å². The predicted molar refractivity (Wildman–Crippen MR) is 148 cm³/mol. The zero-order valence-electron chi connectivity index (χ0n) is 24.0. The van der Waals surface area contributed by atoms with Gasteiger partial charge in [-0.3, -0.25) is 4.79 Å². The lowest BCUT2D eigenvalue weighted by Crippen LogP contribution is -2.70. The molecule has 1 amide bonds. The normalized spacial score (nSPS) is 43.6. The Balaban J connectivity index is 1.93. The molecule has 3 aliphatic rings. The van der Waals surface area contributed by atoms with Crippen molar-refractivity contribution < 1.29 is 54.0 Å². The molecule has 43 heavy (non-hydrogen) atoms. The number of nitrogens with one attached hydrogen (secondary N) is 2. The van der Waals surface area contributed by atoms with E-state index in [2.05, 4.69) is 10.6 Å². The van der Waals surface area contributed by atoms with Crippen molar-refractivity contribution in [1.29, 1.82) is 0 Å². The molecule has 3 rings (SSSR count). The molecule has 18 N–H and O–H groups in total. The van der Waals surface area contributed by atoms with Crippen molar-refractivity contribution in [2.45, 2.75) is 111 Å². The lowest BCUT2D eigenvalue weighted by molar-refractivity contribution is -0.307. The maximum Gasteiger partial charge on any atom is 0.252 e. The van der Waals surface area contributed by atoms with Gasteiger partial charge in [-0.2, -0.15) is 0 Å². The highest BCUT2D eigenvalue weighted by atomic mass is 19.1. The summed E-state index contributed by atoms with van der Waals surface area (Å²) in [6.45, 7) is -0.419. The fraction of sp³-hybridized carbons (Fsp3) is 0.960. The minimum absolute atomic E-state index is 0.0157. The van der Waals surface area contributed by atoms with Crippen LogP contribution in [-0.2, 0) is 19.0 Å². The molecule has 2 aliphatic heterocycles. The van der Waals surface area contributed by atoms with Gasteiger partial charge in [0.2, 0.25) is 0 Å². The van der Waals surface area contributed by atoms with Crippen LogP contribution in [0, 0.1) is 5.92 Å². The minimum atomic E-state index is -2.12. The van der Waals surface area contributed by atoms with Gasteiger partial charge in [0.25, 0.3) is 5.91 Å². The quantitative estimate of drug-likeness (QED) is 0.0843. The molecule has 0 bridgehead atoms. The Morgan fingerprint density at radius 2 is 1.70 bits per heavy atom. The third-order valence-corrected chi connectivity index (χ3v) is 8.59. The van der Waals surface area contributed by atoms with Gasteiger partial charge in [0.05, 0.1) is 43.1 Å². The number of ether oxygens (including phenoxy) is 3. The summed E-state index contributed by atoms with van der Waals surface area (Å²) in [5, 5.41) is 68.8. The van der Waals surface area contributed by atoms with Crippen LogP contribution in [0.5, 0.6) is 0 Å². The predicted octanol–water partition coefficient (Wildman–Crippen LogP) is -7.23. The molecule has 1 saturated carbocycles. The minimum Gasteiger partial charge on any atom is -0.394 e. The van der Waals surface area contributed by atoms with E-state index < -0.39 is 117 Å². The molecule has 2 saturated heterocycles. The fourth-order valence-electron chi connectivity index (χ4n) is 6.09. The summed E-state index contributed by atoms with van der Waals surface area (Å²) in [5.41, 5.74) is 29.2. The van der Waals surface area contributed by atoms with Crippen molar-refractivity contribution in [3.63, 3.8) is 0 Å². The summed E-state index contributed by atoms with van der Waals surface area (Å²) >= 11 is 0. The Labute approximate surface area is 249 Å². The van der Waals surface area contributed by atoms with Gasteiger partial charge < -0.3 is 84.2 Å². The number of alkyl halides is 1. The second kappa shape index (κ2) is 16.4. The third kappa shape index (κ3) is 8.34. The zero-order chi connectivity index (χ0) is 32.0. The maximum absolute atomic E-state index is 14.0. The molecule has 18 heteroatoms. The van der Waals surface area contributed by atoms with E-state index in [9.17, 15) is 39.8 Å². The second-order valence-electron chi connectivity index (χ2n) is 11.5. The van der Waals surface area contributed by atoms with E-state index in [1.165, 1.54) is 0 Å². The van der Waals surface area contributed by atoms with Crippen LogP contribution in [0.1, 0.15) is 19.3 Å². The van der Waals surface area contributed by atoms with Gasteiger partial charge >= 0.3 is 0 Å². The van der Waals surface area contributed by atoms with E-state index in [1.54, 1.807) is 0 Å². The highest BCUT2D eigenvalue weighted by Gasteiger charge is 2.54. The van der Waals surface area contributed by atoms with Crippen molar-refractivity contribution >= 4 is 5.91 Å². The van der Waals surface area contributed by atoms with Crippen molar-refractivity contribution in [1.82, 2.24) is 10.6 Å². The Morgan fingerprint density at radius 3 is 2.30 bits per heavy atom. The molecule has 3 fully saturated rings. The first-order valence-electron chi connectivity index (χ1n) is 14.7. The van der Waals surface area contributed by atoms with Crippen molar-refractivity contribution in [3.8, 4) is 0 Å². The first-order chi connectivity index (χ1) is 20.4. The van der Waals surface area contributed by atoms with Gasteiger partial charge in [0.15, 0.2) is 12.4 Å². The molecule has 16 atom stereocenters. The number of aliphatic hydroxyl groups is 6. The molecular weight excluding hydrogens is 577 g/mol. The lowest BCUT2D eigenvalue weighted by atomic mass is 9.71. The number of rotatable bonds is 13. The van der Waals surface area contributed by atoms with E-state index >= 15 is 0 Å². The van der Waals surface area contributed by atoms with Gasteiger partial charge in [-0.1, -0.05) is 0 Å². The van der Waals surface area contributed by atoms with Crippen LogP contribution in [0.2, 0.25) is 0 Å². The standard InChI is InChI=1S/C25H50FN7O10/c26-9(6-28)18(36)24(40)33-12-4-10(30)16(22-11(32-3-1-2-27)5-13(35)14(7-29)41-22)20(38)23(12)43-25-21(39)17(31)19(37)15(8-34)42-25/h9-23,25,32,34-39H,1-8,27-31H2,(H,33,40)/t9?,10-,11+,12+,13-,14+,15+,16?,17-,18?,19+,20-,21+,22-,23-,25+/m0/s1. The summed E-state index contributed by atoms with van der Waals surface area (Å²) < 4.78 is 31.7. The Bertz CT molecular complexity index is 871. The number of carbonyl (C=O) groups excluding carboxylic acids is 1. The lowest BCUT2D eigenvalue weighted by Gasteiger charge is -2.52. The average Bonchev–Trinajstić information content (AvgIpc) is 2.98. The van der Waals surface area contributed by atoms with Gasteiger partial charge in [-0.25, -0.2) is 4.39 Å². The molecule has 0 radical (unpaired) electrons. The van der Waals surface area contributed by atoms with E-state index in [4.69, 9.17) is 42.9 Å². The third-order valence-electron chi connectivity index (χ3n) is 8.59. The number of carbonyl (C=O) groups is 1. The highest BCUT2D eigenvalue weighted by Crippen LogP contribution is 2.37. The molecular formula is C25H50FN7O10. The maximum atomic E-state index is 14.0. The first-order valence-corrected chi connectivity index (χ1v) is 14.7. The summed E-state index contributed by atoms with van der Waals surface area (Å²) in [6, 6.07) is -3.81. The Kier molecular flexibility index (Phi) is 13.8. The fourth-order valence-corrected chi connectivity index (χ4v) is 6.09. The number of aliphatic hydroxyl groups excluding tert-OH is 6. The second-order valence-corrected chi connectivity index (χ2v) is 11.5.